The molecule has 1 amide bonds. The molecule has 0 heterocycles. The number of carbonyl (C=O) groups is 1. The number of nitrogens with zero attached hydrogens (tertiary/aromatic N) is 2. The van der Waals surface area contributed by atoms with Crippen LogP contribution in [0.5, 0.6) is 0 Å². The summed E-state index contributed by atoms with van der Waals surface area (Å²) in [6.07, 6.45) is 0. The minimum atomic E-state index is -0.192. The molecular formula is C16H15N3O. The molecule has 0 unspecified atom stereocenters. The molecule has 0 aromatic heterocycles. The van der Waals surface area contributed by atoms with Gasteiger partial charge in [-0.15, -0.1) is 0 Å². The van der Waals surface area contributed by atoms with Crippen LogP contribution in [0.15, 0.2) is 54.6 Å². The number of carbonyl (C=O) groups excluding carboxylic acids is 1. The van der Waals surface area contributed by atoms with Crippen molar-refractivity contribution in [3.8, 4) is 6.07 Å². The number of rotatable bonds is 4. The van der Waals surface area contributed by atoms with Gasteiger partial charge in [-0.2, -0.15) is 5.26 Å². The van der Waals surface area contributed by atoms with Crippen LogP contribution >= 0.6 is 0 Å². The van der Waals surface area contributed by atoms with Crippen LogP contribution in [-0.4, -0.2) is 17.4 Å². The lowest BCUT2D eigenvalue weighted by atomic mass is 10.1. The second-order valence-corrected chi connectivity index (χ2v) is 4.43. The van der Waals surface area contributed by atoms with Crippen LogP contribution < -0.4 is 5.73 Å². The average molecular weight is 265 g/mol. The fourth-order valence-electron chi connectivity index (χ4n) is 1.94. The molecule has 0 aliphatic carbocycles. The van der Waals surface area contributed by atoms with Gasteiger partial charge in [0, 0.05) is 17.8 Å². The zero-order chi connectivity index (χ0) is 14.4. The van der Waals surface area contributed by atoms with E-state index in [0.29, 0.717) is 17.8 Å². The predicted octanol–water partition coefficient (Wildman–Crippen LogP) is 2.43. The second-order valence-electron chi connectivity index (χ2n) is 4.43. The van der Waals surface area contributed by atoms with Gasteiger partial charge in [0.2, 0.25) is 0 Å². The van der Waals surface area contributed by atoms with Crippen molar-refractivity contribution >= 4 is 11.6 Å². The van der Waals surface area contributed by atoms with Crippen molar-refractivity contribution in [2.24, 2.45) is 0 Å². The van der Waals surface area contributed by atoms with Gasteiger partial charge in [-0.3, -0.25) is 4.79 Å². The van der Waals surface area contributed by atoms with Crippen LogP contribution in [0.4, 0.5) is 5.69 Å². The number of hydrogen-bond acceptors (Lipinski definition) is 3. The van der Waals surface area contributed by atoms with Crippen LogP contribution in [0.2, 0.25) is 0 Å². The molecule has 0 spiro atoms. The molecule has 2 N–H and O–H groups in total. The van der Waals surface area contributed by atoms with Gasteiger partial charge >= 0.3 is 0 Å². The van der Waals surface area contributed by atoms with E-state index in [1.54, 1.807) is 24.3 Å². The normalized spacial score (nSPS) is 9.75. The van der Waals surface area contributed by atoms with Crippen molar-refractivity contribution in [1.29, 1.82) is 5.26 Å². The SMILES string of the molecule is N#CCN(Cc1ccccc1)C(=O)c1cccc(N)c1. The maximum atomic E-state index is 12.4. The fraction of sp³-hybridized carbons (Fsp3) is 0.125. The molecule has 0 fully saturated rings. The highest BCUT2D eigenvalue weighted by molar-refractivity contribution is 5.95. The smallest absolute Gasteiger partial charge is 0.255 e. The summed E-state index contributed by atoms with van der Waals surface area (Å²) in [5.74, 6) is -0.192. The number of benzene rings is 2. The molecule has 0 atom stereocenters. The Morgan fingerprint density at radius 1 is 1.15 bits per heavy atom. The highest BCUT2D eigenvalue weighted by Crippen LogP contribution is 2.12. The highest BCUT2D eigenvalue weighted by atomic mass is 16.2. The van der Waals surface area contributed by atoms with Crippen molar-refractivity contribution in [1.82, 2.24) is 4.90 Å². The third-order valence-corrected chi connectivity index (χ3v) is 2.90. The Kier molecular flexibility index (Phi) is 4.35. The molecule has 0 aliphatic rings. The largest absolute Gasteiger partial charge is 0.399 e. The maximum Gasteiger partial charge on any atom is 0.255 e. The minimum Gasteiger partial charge on any atom is -0.399 e. The summed E-state index contributed by atoms with van der Waals surface area (Å²) in [6.45, 7) is 0.449. The third-order valence-electron chi connectivity index (χ3n) is 2.90. The van der Waals surface area contributed by atoms with Gasteiger partial charge in [-0.05, 0) is 23.8 Å². The molecule has 20 heavy (non-hydrogen) atoms. The Balaban J connectivity index is 2.20. The van der Waals surface area contributed by atoms with Gasteiger partial charge in [-0.1, -0.05) is 36.4 Å². The molecule has 0 bridgehead atoms. The Bertz CT molecular complexity index is 632. The van der Waals surface area contributed by atoms with Gasteiger partial charge in [-0.25, -0.2) is 0 Å². The van der Waals surface area contributed by atoms with Crippen LogP contribution in [0.3, 0.4) is 0 Å². The molecular weight excluding hydrogens is 250 g/mol. The van der Waals surface area contributed by atoms with Gasteiger partial charge in [0.25, 0.3) is 5.91 Å². The van der Waals surface area contributed by atoms with E-state index in [2.05, 4.69) is 0 Å². The van der Waals surface area contributed by atoms with Crippen molar-refractivity contribution < 1.29 is 4.79 Å². The molecule has 4 nitrogen and oxygen atoms in total. The van der Waals surface area contributed by atoms with Gasteiger partial charge < -0.3 is 10.6 Å². The van der Waals surface area contributed by atoms with E-state index in [-0.39, 0.29) is 12.5 Å². The first-order valence-corrected chi connectivity index (χ1v) is 6.26. The fourth-order valence-corrected chi connectivity index (χ4v) is 1.94. The lowest BCUT2D eigenvalue weighted by Gasteiger charge is -2.20. The maximum absolute atomic E-state index is 12.4. The summed E-state index contributed by atoms with van der Waals surface area (Å²) in [7, 11) is 0. The molecule has 0 saturated carbocycles. The Morgan fingerprint density at radius 2 is 1.90 bits per heavy atom. The Hall–Kier alpha value is -2.80. The van der Waals surface area contributed by atoms with Gasteiger partial charge in [0.1, 0.15) is 6.54 Å². The molecule has 0 radical (unpaired) electrons. The predicted molar refractivity (Wildman–Crippen MR) is 77.6 cm³/mol. The summed E-state index contributed by atoms with van der Waals surface area (Å²) in [5, 5.41) is 8.90. The van der Waals surface area contributed by atoms with E-state index in [0.717, 1.165) is 5.56 Å². The van der Waals surface area contributed by atoms with E-state index in [4.69, 9.17) is 11.0 Å². The van der Waals surface area contributed by atoms with Gasteiger partial charge in [0.05, 0.1) is 6.07 Å². The Morgan fingerprint density at radius 3 is 2.55 bits per heavy atom. The van der Waals surface area contributed by atoms with E-state index < -0.39 is 0 Å². The topological polar surface area (TPSA) is 70.1 Å². The first-order valence-electron chi connectivity index (χ1n) is 6.26. The molecule has 2 aromatic carbocycles. The zero-order valence-corrected chi connectivity index (χ0v) is 11.0. The molecule has 0 saturated heterocycles. The summed E-state index contributed by atoms with van der Waals surface area (Å²) >= 11 is 0. The lowest BCUT2D eigenvalue weighted by molar-refractivity contribution is 0.0765. The van der Waals surface area contributed by atoms with Gasteiger partial charge in [0.15, 0.2) is 0 Å². The quantitative estimate of drug-likeness (QED) is 0.681. The number of nitrogens with two attached hydrogens (primary N) is 1. The van der Waals surface area contributed by atoms with E-state index in [1.807, 2.05) is 36.4 Å². The number of anilines is 1. The summed E-state index contributed by atoms with van der Waals surface area (Å²) in [6, 6.07) is 18.4. The molecule has 0 aliphatic heterocycles. The highest BCUT2D eigenvalue weighted by Gasteiger charge is 2.15. The van der Waals surface area contributed by atoms with Crippen molar-refractivity contribution in [3.63, 3.8) is 0 Å². The van der Waals surface area contributed by atoms with Crippen LogP contribution in [0.25, 0.3) is 0 Å². The van der Waals surface area contributed by atoms with Crippen molar-refractivity contribution in [2.75, 3.05) is 12.3 Å². The van der Waals surface area contributed by atoms with Crippen LogP contribution in [-0.2, 0) is 6.54 Å². The number of hydrogen-bond donors (Lipinski definition) is 1. The van der Waals surface area contributed by atoms with E-state index in [1.165, 1.54) is 4.90 Å². The van der Waals surface area contributed by atoms with Crippen LogP contribution in [0, 0.1) is 11.3 Å². The molecule has 2 aromatic rings. The standard InChI is InChI=1S/C16H15N3O/c17-9-10-19(12-13-5-2-1-3-6-13)16(20)14-7-4-8-15(18)11-14/h1-8,11H,10,12,18H2. The monoisotopic (exact) mass is 265 g/mol. The number of amides is 1. The first kappa shape index (κ1) is 13.6. The minimum absolute atomic E-state index is 0.0442. The summed E-state index contributed by atoms with van der Waals surface area (Å²) in [4.78, 5) is 13.9. The number of nitrogen functional groups attached to an aromatic ring is 1. The third kappa shape index (κ3) is 3.36. The van der Waals surface area contributed by atoms with E-state index in [9.17, 15) is 4.79 Å². The van der Waals surface area contributed by atoms with Crippen LogP contribution in [0.1, 0.15) is 15.9 Å². The molecule has 2 rings (SSSR count). The zero-order valence-electron chi connectivity index (χ0n) is 11.0. The van der Waals surface area contributed by atoms with E-state index >= 15 is 0 Å². The van der Waals surface area contributed by atoms with Crippen molar-refractivity contribution in [3.05, 3.63) is 65.7 Å². The molecule has 4 heteroatoms. The number of nitriles is 1. The van der Waals surface area contributed by atoms with Crippen molar-refractivity contribution in [2.45, 2.75) is 6.54 Å². The average Bonchev–Trinajstić information content (AvgIpc) is 2.47. The summed E-state index contributed by atoms with van der Waals surface area (Å²) < 4.78 is 0. The lowest BCUT2D eigenvalue weighted by Crippen LogP contribution is -2.31. The molecule has 100 valence electrons. The summed E-state index contributed by atoms with van der Waals surface area (Å²) in [5.41, 5.74) is 7.70. The first-order chi connectivity index (χ1) is 9.70. The Labute approximate surface area is 118 Å². The second kappa shape index (κ2) is 6.39.